The van der Waals surface area contributed by atoms with Crippen LogP contribution in [-0.2, 0) is 11.2 Å². The van der Waals surface area contributed by atoms with Crippen LogP contribution >= 0.6 is 0 Å². The van der Waals surface area contributed by atoms with Crippen molar-refractivity contribution >= 4 is 5.78 Å². The van der Waals surface area contributed by atoms with Crippen LogP contribution in [0.1, 0.15) is 31.9 Å². The molecular formula is C19H22O2. The van der Waals surface area contributed by atoms with E-state index in [0.717, 1.165) is 17.7 Å². The average Bonchev–Trinajstić information content (AvgIpc) is 2.46. The zero-order valence-corrected chi connectivity index (χ0v) is 12.9. The largest absolute Gasteiger partial charge is 0.486 e. The monoisotopic (exact) mass is 282 g/mol. The van der Waals surface area contributed by atoms with Crippen LogP contribution in [0.5, 0.6) is 5.75 Å². The number of carbonyl (C=O) groups excluding carboxylic acids is 1. The molecule has 0 saturated carbocycles. The van der Waals surface area contributed by atoms with Gasteiger partial charge in [0.25, 0.3) is 0 Å². The number of hydrogen-bond acceptors (Lipinski definition) is 2. The molecule has 0 fully saturated rings. The smallest absolute Gasteiger partial charge is 0.175 e. The maximum atomic E-state index is 12.0. The van der Waals surface area contributed by atoms with Crippen molar-refractivity contribution in [2.24, 2.45) is 5.41 Å². The van der Waals surface area contributed by atoms with E-state index in [2.05, 4.69) is 12.1 Å². The van der Waals surface area contributed by atoms with Gasteiger partial charge in [-0.15, -0.1) is 0 Å². The Morgan fingerprint density at radius 2 is 1.57 bits per heavy atom. The first-order valence-electron chi connectivity index (χ1n) is 7.25. The van der Waals surface area contributed by atoms with E-state index in [-0.39, 0.29) is 17.8 Å². The molecule has 0 aliphatic heterocycles. The van der Waals surface area contributed by atoms with Crippen LogP contribution < -0.4 is 4.74 Å². The van der Waals surface area contributed by atoms with Crippen LogP contribution in [0.4, 0.5) is 0 Å². The number of rotatable bonds is 5. The predicted molar refractivity (Wildman–Crippen MR) is 85.6 cm³/mol. The van der Waals surface area contributed by atoms with Crippen molar-refractivity contribution in [1.82, 2.24) is 0 Å². The first-order chi connectivity index (χ1) is 9.97. The van der Waals surface area contributed by atoms with Crippen molar-refractivity contribution in [2.75, 3.05) is 6.61 Å². The number of Topliss-reactive ketones (excluding diaryl/α,β-unsaturated/α-hetero) is 1. The van der Waals surface area contributed by atoms with Gasteiger partial charge in [0.15, 0.2) is 5.78 Å². The lowest BCUT2D eigenvalue weighted by molar-refractivity contribution is -0.128. The van der Waals surface area contributed by atoms with E-state index in [1.54, 1.807) is 0 Å². The van der Waals surface area contributed by atoms with Gasteiger partial charge in [-0.05, 0) is 17.2 Å². The molecule has 0 atom stereocenters. The van der Waals surface area contributed by atoms with E-state index >= 15 is 0 Å². The van der Waals surface area contributed by atoms with Crippen LogP contribution in [0.15, 0.2) is 54.6 Å². The Morgan fingerprint density at radius 3 is 2.24 bits per heavy atom. The lowest BCUT2D eigenvalue weighted by Gasteiger charge is -2.18. The molecule has 0 bridgehead atoms. The molecule has 0 N–H and O–H groups in total. The SMILES string of the molecule is CC(C)(C)C(=O)COc1ccccc1Cc1ccccc1. The molecule has 0 amide bonds. The van der Waals surface area contributed by atoms with E-state index in [1.165, 1.54) is 5.56 Å². The van der Waals surface area contributed by atoms with Crippen molar-refractivity contribution < 1.29 is 9.53 Å². The molecule has 0 heterocycles. The topological polar surface area (TPSA) is 26.3 Å². The Morgan fingerprint density at radius 1 is 0.952 bits per heavy atom. The van der Waals surface area contributed by atoms with Gasteiger partial charge in [-0.25, -0.2) is 0 Å². The molecule has 2 aromatic rings. The zero-order chi connectivity index (χ0) is 15.3. The molecule has 110 valence electrons. The molecule has 0 spiro atoms. The number of carbonyl (C=O) groups is 1. The van der Waals surface area contributed by atoms with Crippen molar-refractivity contribution in [3.8, 4) is 5.75 Å². The summed E-state index contributed by atoms with van der Waals surface area (Å²) in [4.78, 5) is 12.0. The summed E-state index contributed by atoms with van der Waals surface area (Å²) in [5.74, 6) is 0.899. The molecule has 0 aliphatic rings. The minimum absolute atomic E-state index is 0.108. The quantitative estimate of drug-likeness (QED) is 0.818. The van der Waals surface area contributed by atoms with Crippen LogP contribution in [-0.4, -0.2) is 12.4 Å². The van der Waals surface area contributed by atoms with E-state index in [4.69, 9.17) is 4.74 Å². The molecule has 0 radical (unpaired) electrons. The Hall–Kier alpha value is -2.09. The van der Waals surface area contributed by atoms with E-state index in [9.17, 15) is 4.79 Å². The highest BCUT2D eigenvalue weighted by molar-refractivity contribution is 5.85. The van der Waals surface area contributed by atoms with Crippen molar-refractivity contribution in [3.63, 3.8) is 0 Å². The Bertz CT molecular complexity index is 594. The van der Waals surface area contributed by atoms with Gasteiger partial charge >= 0.3 is 0 Å². The Labute approximate surface area is 126 Å². The van der Waals surface area contributed by atoms with Gasteiger partial charge in [0.1, 0.15) is 12.4 Å². The van der Waals surface area contributed by atoms with Crippen LogP contribution in [0.2, 0.25) is 0 Å². The molecule has 0 aliphatic carbocycles. The standard InChI is InChI=1S/C19H22O2/c1-19(2,3)18(20)14-21-17-12-8-7-11-16(17)13-15-9-5-4-6-10-15/h4-12H,13-14H2,1-3H3. The van der Waals surface area contributed by atoms with Gasteiger partial charge in [0.05, 0.1) is 0 Å². The van der Waals surface area contributed by atoms with Gasteiger partial charge in [-0.1, -0.05) is 69.3 Å². The number of benzene rings is 2. The van der Waals surface area contributed by atoms with E-state index in [0.29, 0.717) is 0 Å². The highest BCUT2D eigenvalue weighted by Crippen LogP contribution is 2.22. The third kappa shape index (κ3) is 4.45. The average molecular weight is 282 g/mol. The molecule has 2 nitrogen and oxygen atoms in total. The van der Waals surface area contributed by atoms with E-state index < -0.39 is 0 Å². The van der Waals surface area contributed by atoms with Gasteiger partial charge in [-0.2, -0.15) is 0 Å². The summed E-state index contributed by atoms with van der Waals surface area (Å²) in [5, 5.41) is 0. The second kappa shape index (κ2) is 6.57. The number of hydrogen-bond donors (Lipinski definition) is 0. The highest BCUT2D eigenvalue weighted by atomic mass is 16.5. The maximum Gasteiger partial charge on any atom is 0.175 e. The lowest BCUT2D eigenvalue weighted by Crippen LogP contribution is -2.26. The number of para-hydroxylation sites is 1. The van der Waals surface area contributed by atoms with Gasteiger partial charge < -0.3 is 4.74 Å². The van der Waals surface area contributed by atoms with Crippen molar-refractivity contribution in [2.45, 2.75) is 27.2 Å². The molecule has 2 heteroatoms. The van der Waals surface area contributed by atoms with E-state index in [1.807, 2.05) is 63.2 Å². The molecule has 2 rings (SSSR count). The van der Waals surface area contributed by atoms with Gasteiger partial charge in [0, 0.05) is 11.8 Å². The molecule has 0 saturated heterocycles. The first-order valence-corrected chi connectivity index (χ1v) is 7.25. The summed E-state index contributed by atoms with van der Waals surface area (Å²) in [6.07, 6.45) is 0.806. The lowest BCUT2D eigenvalue weighted by atomic mass is 9.91. The predicted octanol–water partition coefficient (Wildman–Crippen LogP) is 4.27. The van der Waals surface area contributed by atoms with Crippen molar-refractivity contribution in [1.29, 1.82) is 0 Å². The summed E-state index contributed by atoms with van der Waals surface area (Å²) in [7, 11) is 0. The number of ketones is 1. The fraction of sp³-hybridized carbons (Fsp3) is 0.316. The van der Waals surface area contributed by atoms with Crippen LogP contribution in [0.25, 0.3) is 0 Å². The summed E-state index contributed by atoms with van der Waals surface area (Å²) in [6.45, 7) is 5.85. The molecule has 0 aromatic heterocycles. The van der Waals surface area contributed by atoms with Crippen LogP contribution in [0.3, 0.4) is 0 Å². The Balaban J connectivity index is 2.09. The second-order valence-corrected chi connectivity index (χ2v) is 6.23. The number of ether oxygens (including phenoxy) is 1. The fourth-order valence-corrected chi connectivity index (χ4v) is 1.97. The minimum Gasteiger partial charge on any atom is -0.486 e. The summed E-state index contributed by atoms with van der Waals surface area (Å²) >= 11 is 0. The molecule has 0 unspecified atom stereocenters. The molecular weight excluding hydrogens is 260 g/mol. The molecule has 21 heavy (non-hydrogen) atoms. The summed E-state index contributed by atoms with van der Waals surface area (Å²) in [6, 6.07) is 18.2. The van der Waals surface area contributed by atoms with Crippen molar-refractivity contribution in [3.05, 3.63) is 65.7 Å². The summed E-state index contributed by atoms with van der Waals surface area (Å²) < 4.78 is 5.75. The third-order valence-electron chi connectivity index (χ3n) is 3.41. The second-order valence-electron chi connectivity index (χ2n) is 6.23. The van der Waals surface area contributed by atoms with Gasteiger partial charge in [0.2, 0.25) is 0 Å². The highest BCUT2D eigenvalue weighted by Gasteiger charge is 2.21. The van der Waals surface area contributed by atoms with Gasteiger partial charge in [-0.3, -0.25) is 4.79 Å². The molecule has 2 aromatic carbocycles. The fourth-order valence-electron chi connectivity index (χ4n) is 1.97. The Kier molecular flexibility index (Phi) is 4.79. The third-order valence-corrected chi connectivity index (χ3v) is 3.41. The zero-order valence-electron chi connectivity index (χ0n) is 12.9. The van der Waals surface area contributed by atoms with Crippen LogP contribution in [0, 0.1) is 5.41 Å². The minimum atomic E-state index is -0.367. The first kappa shape index (κ1) is 15.3. The summed E-state index contributed by atoms with van der Waals surface area (Å²) in [5.41, 5.74) is 1.97. The normalized spacial score (nSPS) is 11.2. The maximum absolute atomic E-state index is 12.0.